The van der Waals surface area contributed by atoms with Crippen LogP contribution >= 0.6 is 11.6 Å². The molecule has 1 atom stereocenters. The first kappa shape index (κ1) is 19.6. The monoisotopic (exact) mass is 433 g/mol. The first-order valence-corrected chi connectivity index (χ1v) is 10.5. The molecule has 3 heterocycles. The van der Waals surface area contributed by atoms with E-state index >= 15 is 0 Å². The number of likely N-dealkylation sites (tertiary alicyclic amines) is 1. The number of nitrogens with zero attached hydrogens (tertiary/aromatic N) is 3. The molecule has 0 radical (unpaired) electrons. The molecule has 0 saturated carbocycles. The van der Waals surface area contributed by atoms with Crippen molar-refractivity contribution in [3.05, 3.63) is 71.4 Å². The Bertz CT molecular complexity index is 1310. The minimum absolute atomic E-state index is 0.163. The zero-order valence-electron chi connectivity index (χ0n) is 16.9. The summed E-state index contributed by atoms with van der Waals surface area (Å²) in [6.45, 7) is 0.226. The Balaban J connectivity index is 1.57. The van der Waals surface area contributed by atoms with Gasteiger partial charge < -0.3 is 9.30 Å². The lowest BCUT2D eigenvalue weighted by atomic mass is 10.0. The molecule has 7 heteroatoms. The molecule has 5 rings (SSSR count). The summed E-state index contributed by atoms with van der Waals surface area (Å²) in [4.78, 5) is 32.1. The summed E-state index contributed by atoms with van der Waals surface area (Å²) in [5.74, 6) is 0.339. The average molecular weight is 434 g/mol. The third kappa shape index (κ3) is 3.33. The van der Waals surface area contributed by atoms with E-state index in [9.17, 15) is 9.59 Å². The Morgan fingerprint density at radius 3 is 2.68 bits per heavy atom. The van der Waals surface area contributed by atoms with E-state index in [-0.39, 0.29) is 18.4 Å². The Morgan fingerprint density at radius 1 is 1.10 bits per heavy atom. The highest BCUT2D eigenvalue weighted by molar-refractivity contribution is 6.31. The van der Waals surface area contributed by atoms with Crippen molar-refractivity contribution in [1.82, 2.24) is 14.5 Å². The topological polar surface area (TPSA) is 64.4 Å². The number of carbonyl (C=O) groups is 2. The predicted octanol–water partition coefficient (Wildman–Crippen LogP) is 4.74. The lowest BCUT2D eigenvalue weighted by molar-refractivity contribution is -0.151. The summed E-state index contributed by atoms with van der Waals surface area (Å²) in [5.41, 5.74) is 2.43. The van der Waals surface area contributed by atoms with Gasteiger partial charge in [0, 0.05) is 28.4 Å². The summed E-state index contributed by atoms with van der Waals surface area (Å²) in [7, 11) is 1.60. The van der Waals surface area contributed by atoms with Gasteiger partial charge in [-0.05, 0) is 48.4 Å². The van der Waals surface area contributed by atoms with Crippen molar-refractivity contribution >= 4 is 45.4 Å². The summed E-state index contributed by atoms with van der Waals surface area (Å²) >= 11 is 6.28. The molecule has 6 nitrogen and oxygen atoms in total. The molecule has 0 bridgehead atoms. The second-order valence-corrected chi connectivity index (χ2v) is 8.06. The Kier molecular flexibility index (Phi) is 4.87. The van der Waals surface area contributed by atoms with E-state index < -0.39 is 6.04 Å². The number of pyridine rings is 1. The maximum absolute atomic E-state index is 13.5. The van der Waals surface area contributed by atoms with Gasteiger partial charge in [-0.2, -0.15) is 0 Å². The van der Waals surface area contributed by atoms with Crippen molar-refractivity contribution in [1.29, 1.82) is 0 Å². The van der Waals surface area contributed by atoms with Crippen LogP contribution in [-0.2, 0) is 16.1 Å². The first-order valence-electron chi connectivity index (χ1n) is 10.1. The Labute approximate surface area is 184 Å². The Morgan fingerprint density at radius 2 is 1.90 bits per heavy atom. The van der Waals surface area contributed by atoms with E-state index in [1.165, 1.54) is 4.90 Å². The molecular weight excluding hydrogens is 414 g/mol. The van der Waals surface area contributed by atoms with Gasteiger partial charge >= 0.3 is 0 Å². The molecule has 31 heavy (non-hydrogen) atoms. The molecule has 1 fully saturated rings. The van der Waals surface area contributed by atoms with Crippen molar-refractivity contribution in [3.8, 4) is 5.75 Å². The molecule has 0 spiro atoms. The van der Waals surface area contributed by atoms with E-state index in [4.69, 9.17) is 16.3 Å². The lowest BCUT2D eigenvalue weighted by Gasteiger charge is -2.32. The number of piperidine rings is 1. The van der Waals surface area contributed by atoms with Crippen molar-refractivity contribution in [2.45, 2.75) is 25.4 Å². The van der Waals surface area contributed by atoms with Gasteiger partial charge in [0.05, 0.1) is 19.2 Å². The van der Waals surface area contributed by atoms with Crippen LogP contribution in [0.25, 0.3) is 21.9 Å². The van der Waals surface area contributed by atoms with Crippen molar-refractivity contribution in [3.63, 3.8) is 0 Å². The van der Waals surface area contributed by atoms with Gasteiger partial charge in [0.2, 0.25) is 5.91 Å². The molecule has 1 unspecified atom stereocenters. The number of halogens is 1. The quantitative estimate of drug-likeness (QED) is 0.436. The number of benzene rings is 2. The standard InChI is InChI=1S/C24H20ClN3O3/c1-31-17-7-4-15(5-8-17)14-27-22(29)11-10-20(24(27)30)28-21-13-16(25)6-9-18(21)19-3-2-12-26-23(19)28/h2-9,12-13,20H,10-11,14H2,1H3. The number of rotatable bonds is 4. The lowest BCUT2D eigenvalue weighted by Crippen LogP contribution is -2.45. The van der Waals surface area contributed by atoms with Crippen molar-refractivity contribution in [2.24, 2.45) is 0 Å². The second kappa shape index (κ2) is 7.71. The number of aromatic nitrogens is 2. The SMILES string of the molecule is COc1ccc(CN2C(=O)CCC(n3c4cc(Cl)ccc4c4cccnc43)C2=O)cc1. The van der Waals surface area contributed by atoms with Crippen LogP contribution in [0.5, 0.6) is 5.75 Å². The number of amides is 2. The number of carbonyl (C=O) groups excluding carboxylic acids is 2. The van der Waals surface area contributed by atoms with Crippen LogP contribution in [0.4, 0.5) is 0 Å². The minimum Gasteiger partial charge on any atom is -0.497 e. The van der Waals surface area contributed by atoms with E-state index in [2.05, 4.69) is 4.98 Å². The summed E-state index contributed by atoms with van der Waals surface area (Å²) in [5, 5.41) is 2.53. The maximum atomic E-state index is 13.5. The Hall–Kier alpha value is -3.38. The molecular formula is C24H20ClN3O3. The zero-order chi connectivity index (χ0) is 21.5. The third-order valence-electron chi connectivity index (χ3n) is 5.82. The van der Waals surface area contributed by atoms with Gasteiger partial charge in [-0.1, -0.05) is 29.8 Å². The molecule has 0 aliphatic carbocycles. The third-order valence-corrected chi connectivity index (χ3v) is 6.05. The summed E-state index contributed by atoms with van der Waals surface area (Å²) < 4.78 is 7.13. The fraction of sp³-hybridized carbons (Fsp3) is 0.208. The molecule has 0 N–H and O–H groups in total. The molecule has 2 aromatic heterocycles. The van der Waals surface area contributed by atoms with Crippen LogP contribution in [-0.4, -0.2) is 33.4 Å². The van der Waals surface area contributed by atoms with E-state index in [0.717, 1.165) is 33.2 Å². The molecule has 4 aromatic rings. The van der Waals surface area contributed by atoms with E-state index in [0.29, 0.717) is 17.9 Å². The van der Waals surface area contributed by atoms with E-state index in [1.54, 1.807) is 13.3 Å². The smallest absolute Gasteiger partial charge is 0.252 e. The number of imide groups is 1. The van der Waals surface area contributed by atoms with Gasteiger partial charge in [-0.25, -0.2) is 4.98 Å². The van der Waals surface area contributed by atoms with Crippen LogP contribution in [0.1, 0.15) is 24.4 Å². The number of hydrogen-bond donors (Lipinski definition) is 0. The van der Waals surface area contributed by atoms with Crippen molar-refractivity contribution < 1.29 is 14.3 Å². The largest absolute Gasteiger partial charge is 0.497 e. The highest BCUT2D eigenvalue weighted by Crippen LogP contribution is 2.36. The summed E-state index contributed by atoms with van der Waals surface area (Å²) in [6.07, 6.45) is 2.44. The van der Waals surface area contributed by atoms with Gasteiger partial charge in [-0.3, -0.25) is 14.5 Å². The maximum Gasteiger partial charge on any atom is 0.252 e. The molecule has 2 aromatic carbocycles. The molecule has 1 aliphatic heterocycles. The second-order valence-electron chi connectivity index (χ2n) is 7.63. The minimum atomic E-state index is -0.524. The van der Waals surface area contributed by atoms with Gasteiger partial charge in [-0.15, -0.1) is 0 Å². The fourth-order valence-electron chi connectivity index (χ4n) is 4.30. The highest BCUT2D eigenvalue weighted by atomic mass is 35.5. The van der Waals surface area contributed by atoms with E-state index in [1.807, 2.05) is 59.2 Å². The van der Waals surface area contributed by atoms with Crippen LogP contribution in [0, 0.1) is 0 Å². The van der Waals surface area contributed by atoms with Gasteiger partial charge in [0.25, 0.3) is 5.91 Å². The molecule has 1 saturated heterocycles. The normalized spacial score (nSPS) is 17.0. The highest BCUT2D eigenvalue weighted by Gasteiger charge is 2.37. The van der Waals surface area contributed by atoms with Gasteiger partial charge in [0.1, 0.15) is 17.4 Å². The predicted molar refractivity (Wildman–Crippen MR) is 119 cm³/mol. The number of fused-ring (bicyclic) bond motifs is 3. The van der Waals surface area contributed by atoms with Crippen LogP contribution in [0.3, 0.4) is 0 Å². The number of ether oxygens (including phenoxy) is 1. The van der Waals surface area contributed by atoms with Crippen LogP contribution in [0.2, 0.25) is 5.02 Å². The van der Waals surface area contributed by atoms with Crippen molar-refractivity contribution in [2.75, 3.05) is 7.11 Å². The molecule has 2 amide bonds. The number of methoxy groups -OCH3 is 1. The van der Waals surface area contributed by atoms with Crippen LogP contribution < -0.4 is 4.74 Å². The van der Waals surface area contributed by atoms with Gasteiger partial charge in [0.15, 0.2) is 0 Å². The summed E-state index contributed by atoms with van der Waals surface area (Å²) in [6, 6.07) is 16.4. The number of hydrogen-bond acceptors (Lipinski definition) is 4. The fourth-order valence-corrected chi connectivity index (χ4v) is 4.47. The average Bonchev–Trinajstić information content (AvgIpc) is 3.10. The van der Waals surface area contributed by atoms with Crippen LogP contribution in [0.15, 0.2) is 60.8 Å². The first-order chi connectivity index (χ1) is 15.1. The molecule has 156 valence electrons. The molecule has 1 aliphatic rings. The zero-order valence-corrected chi connectivity index (χ0v) is 17.7.